The molecule has 2 rings (SSSR count). The normalized spacial score (nSPS) is 23.8. The molecule has 0 aliphatic heterocycles. The molecule has 2 atom stereocenters. The van der Waals surface area contributed by atoms with Gasteiger partial charge in [0.1, 0.15) is 0 Å². The predicted octanol–water partition coefficient (Wildman–Crippen LogP) is 3.43. The number of carbonyl (C=O) groups is 1. The summed E-state index contributed by atoms with van der Waals surface area (Å²) in [6, 6.07) is 0.818. The molecule has 5 nitrogen and oxygen atoms in total. The van der Waals surface area contributed by atoms with Crippen molar-refractivity contribution in [2.24, 2.45) is 16.8 Å². The Morgan fingerprint density at radius 3 is 2.36 bits per heavy atom. The first-order valence-corrected chi connectivity index (χ1v) is 10.0. The van der Waals surface area contributed by atoms with Crippen molar-refractivity contribution < 1.29 is 4.79 Å². The first-order valence-electron chi connectivity index (χ1n) is 10.0. The van der Waals surface area contributed by atoms with Crippen LogP contribution >= 0.6 is 24.0 Å². The number of halogens is 1. The highest BCUT2D eigenvalue weighted by atomic mass is 127. The molecule has 0 aromatic carbocycles. The fourth-order valence-corrected chi connectivity index (χ4v) is 3.39. The molecule has 3 N–H and O–H groups in total. The molecule has 146 valence electrons. The highest BCUT2D eigenvalue weighted by Gasteiger charge is 2.31. The van der Waals surface area contributed by atoms with E-state index in [1.165, 1.54) is 12.8 Å². The van der Waals surface area contributed by atoms with Gasteiger partial charge in [0.2, 0.25) is 5.91 Å². The van der Waals surface area contributed by atoms with Crippen molar-refractivity contribution in [1.29, 1.82) is 0 Å². The minimum Gasteiger partial charge on any atom is -0.357 e. The fourth-order valence-electron chi connectivity index (χ4n) is 3.39. The maximum Gasteiger partial charge on any atom is 0.223 e. The van der Waals surface area contributed by atoms with Crippen LogP contribution in [-0.4, -0.2) is 37.0 Å². The summed E-state index contributed by atoms with van der Waals surface area (Å²) in [5.41, 5.74) is 0. The second kappa shape index (κ2) is 12.0. The number of aliphatic imine (C=N–C) groups is 1. The maximum absolute atomic E-state index is 12.3. The lowest BCUT2D eigenvalue weighted by Gasteiger charge is -2.30. The van der Waals surface area contributed by atoms with Crippen molar-refractivity contribution in [2.45, 2.75) is 84.2 Å². The van der Waals surface area contributed by atoms with E-state index in [1.54, 1.807) is 0 Å². The molecular formula is C19H37IN4O. The van der Waals surface area contributed by atoms with E-state index in [1.807, 2.05) is 0 Å². The molecule has 1 amide bonds. The quantitative estimate of drug-likeness (QED) is 0.293. The molecule has 25 heavy (non-hydrogen) atoms. The van der Waals surface area contributed by atoms with Crippen molar-refractivity contribution in [3.8, 4) is 0 Å². The molecule has 2 aliphatic carbocycles. The predicted molar refractivity (Wildman–Crippen MR) is 116 cm³/mol. The smallest absolute Gasteiger partial charge is 0.223 e. The lowest BCUT2D eigenvalue weighted by Crippen LogP contribution is -2.47. The van der Waals surface area contributed by atoms with Crippen molar-refractivity contribution >= 4 is 35.8 Å². The zero-order valence-corrected chi connectivity index (χ0v) is 18.5. The van der Waals surface area contributed by atoms with E-state index in [2.05, 4.69) is 36.7 Å². The van der Waals surface area contributed by atoms with E-state index >= 15 is 0 Å². The van der Waals surface area contributed by atoms with E-state index in [-0.39, 0.29) is 35.8 Å². The van der Waals surface area contributed by atoms with Crippen LogP contribution in [0.5, 0.6) is 0 Å². The zero-order chi connectivity index (χ0) is 17.4. The highest BCUT2D eigenvalue weighted by molar-refractivity contribution is 14.0. The number of guanidine groups is 1. The summed E-state index contributed by atoms with van der Waals surface area (Å²) in [6.45, 7) is 8.30. The van der Waals surface area contributed by atoms with E-state index < -0.39 is 0 Å². The molecule has 0 aromatic heterocycles. The Balaban J connectivity index is 0.00000312. The van der Waals surface area contributed by atoms with Gasteiger partial charge >= 0.3 is 0 Å². The number of nitrogens with one attached hydrogen (secondary N) is 3. The molecule has 0 bridgehead atoms. The Labute approximate surface area is 170 Å². The van der Waals surface area contributed by atoms with Crippen LogP contribution < -0.4 is 16.0 Å². The van der Waals surface area contributed by atoms with Crippen LogP contribution in [0.1, 0.15) is 72.1 Å². The summed E-state index contributed by atoms with van der Waals surface area (Å²) >= 11 is 0. The van der Waals surface area contributed by atoms with E-state index in [0.29, 0.717) is 18.0 Å². The number of nitrogens with zero attached hydrogens (tertiary/aromatic N) is 1. The van der Waals surface area contributed by atoms with Gasteiger partial charge in [-0.3, -0.25) is 9.79 Å². The number of amides is 1. The van der Waals surface area contributed by atoms with Gasteiger partial charge in [0.05, 0.1) is 0 Å². The lowest BCUT2D eigenvalue weighted by molar-refractivity contribution is -0.126. The van der Waals surface area contributed by atoms with Gasteiger partial charge in [-0.2, -0.15) is 0 Å². The van der Waals surface area contributed by atoms with Gasteiger partial charge in [-0.05, 0) is 44.9 Å². The van der Waals surface area contributed by atoms with Crippen molar-refractivity contribution in [1.82, 2.24) is 16.0 Å². The Morgan fingerprint density at radius 1 is 1.04 bits per heavy atom. The Kier molecular flexibility index (Phi) is 10.8. The summed E-state index contributed by atoms with van der Waals surface area (Å²) in [5, 5.41) is 10.1. The van der Waals surface area contributed by atoms with Crippen LogP contribution in [0.25, 0.3) is 0 Å². The fraction of sp³-hybridized carbons (Fsp3) is 0.895. The SMILES string of the molecule is CCNC(=NCC(CC)CC)NC1CCCC(C(=O)NC2CC2)C1.I. The average molecular weight is 464 g/mol. The monoisotopic (exact) mass is 464 g/mol. The third-order valence-electron chi connectivity index (χ3n) is 5.32. The molecule has 0 spiro atoms. The summed E-state index contributed by atoms with van der Waals surface area (Å²) in [6.07, 6.45) is 8.86. The summed E-state index contributed by atoms with van der Waals surface area (Å²) in [4.78, 5) is 17.1. The molecular weight excluding hydrogens is 427 g/mol. The molecule has 6 heteroatoms. The molecule has 0 heterocycles. The van der Waals surface area contributed by atoms with Crippen LogP contribution in [0.3, 0.4) is 0 Å². The van der Waals surface area contributed by atoms with Crippen LogP contribution in [0.2, 0.25) is 0 Å². The highest BCUT2D eigenvalue weighted by Crippen LogP contribution is 2.26. The van der Waals surface area contributed by atoms with Crippen molar-refractivity contribution in [2.75, 3.05) is 13.1 Å². The van der Waals surface area contributed by atoms with Crippen LogP contribution in [0.4, 0.5) is 0 Å². The van der Waals surface area contributed by atoms with E-state index in [0.717, 1.165) is 57.6 Å². The van der Waals surface area contributed by atoms with Gasteiger partial charge in [-0.25, -0.2) is 0 Å². The van der Waals surface area contributed by atoms with Gasteiger partial charge < -0.3 is 16.0 Å². The van der Waals surface area contributed by atoms with Gasteiger partial charge in [-0.15, -0.1) is 24.0 Å². The molecule has 0 aromatic rings. The third kappa shape index (κ3) is 8.13. The molecule has 2 unspecified atom stereocenters. The Hall–Kier alpha value is -0.530. The number of hydrogen-bond acceptors (Lipinski definition) is 2. The molecule has 2 fully saturated rings. The first-order chi connectivity index (χ1) is 11.7. The second-order valence-electron chi connectivity index (χ2n) is 7.39. The van der Waals surface area contributed by atoms with Gasteiger partial charge in [0, 0.05) is 31.1 Å². The van der Waals surface area contributed by atoms with Gasteiger partial charge in [-0.1, -0.05) is 33.1 Å². The van der Waals surface area contributed by atoms with Crippen molar-refractivity contribution in [3.63, 3.8) is 0 Å². The molecule has 0 saturated heterocycles. The molecule has 2 saturated carbocycles. The third-order valence-corrected chi connectivity index (χ3v) is 5.32. The topological polar surface area (TPSA) is 65.5 Å². The molecule has 0 radical (unpaired) electrons. The average Bonchev–Trinajstić information content (AvgIpc) is 3.40. The number of hydrogen-bond donors (Lipinski definition) is 3. The second-order valence-corrected chi connectivity index (χ2v) is 7.39. The van der Waals surface area contributed by atoms with Crippen molar-refractivity contribution in [3.05, 3.63) is 0 Å². The lowest BCUT2D eigenvalue weighted by atomic mass is 9.85. The number of rotatable bonds is 8. The minimum atomic E-state index is 0. The maximum atomic E-state index is 12.3. The summed E-state index contributed by atoms with van der Waals surface area (Å²) in [7, 11) is 0. The standard InChI is InChI=1S/C19H36N4O.HI/c1-4-14(5-2)13-21-19(20-6-3)23-17-9-7-8-15(12-17)18(24)22-16-10-11-16;/h14-17H,4-13H2,1-3H3,(H,22,24)(H2,20,21,23);1H. The Morgan fingerprint density at radius 2 is 1.76 bits per heavy atom. The van der Waals surface area contributed by atoms with Crippen LogP contribution in [0, 0.1) is 11.8 Å². The van der Waals surface area contributed by atoms with Crippen LogP contribution in [-0.2, 0) is 4.79 Å². The van der Waals surface area contributed by atoms with Gasteiger partial charge in [0.15, 0.2) is 5.96 Å². The van der Waals surface area contributed by atoms with E-state index in [9.17, 15) is 4.79 Å². The summed E-state index contributed by atoms with van der Waals surface area (Å²) in [5.74, 6) is 2.00. The Bertz CT molecular complexity index is 422. The zero-order valence-electron chi connectivity index (χ0n) is 16.1. The van der Waals surface area contributed by atoms with Gasteiger partial charge in [0.25, 0.3) is 0 Å². The minimum absolute atomic E-state index is 0. The van der Waals surface area contributed by atoms with E-state index in [4.69, 9.17) is 4.99 Å². The number of carbonyl (C=O) groups excluding carboxylic acids is 1. The van der Waals surface area contributed by atoms with Crippen LogP contribution in [0.15, 0.2) is 4.99 Å². The largest absolute Gasteiger partial charge is 0.357 e. The summed E-state index contributed by atoms with van der Waals surface area (Å²) < 4.78 is 0. The first kappa shape index (κ1) is 22.5. The molecule has 2 aliphatic rings.